The minimum absolute atomic E-state index is 0.148. The zero-order valence-electron chi connectivity index (χ0n) is 23.0. The van der Waals surface area contributed by atoms with Crippen LogP contribution in [0, 0.1) is 17.8 Å². The number of para-hydroxylation sites is 1. The van der Waals surface area contributed by atoms with Gasteiger partial charge in [-0.05, 0) is 67.6 Å². The van der Waals surface area contributed by atoms with E-state index in [0.717, 1.165) is 19.3 Å². The number of ether oxygens (including phenoxy) is 1. The summed E-state index contributed by atoms with van der Waals surface area (Å²) >= 11 is 18.5. The summed E-state index contributed by atoms with van der Waals surface area (Å²) in [4.78, 5) is 58.3. The molecular weight excluding hydrogens is 611 g/mol. The van der Waals surface area contributed by atoms with Crippen molar-refractivity contribution in [2.24, 2.45) is 17.8 Å². The fraction of sp³-hybridized carbons (Fsp3) is 0.242. The highest BCUT2D eigenvalue weighted by molar-refractivity contribution is 6.37. The zero-order valence-corrected chi connectivity index (χ0v) is 25.2. The van der Waals surface area contributed by atoms with Gasteiger partial charge < -0.3 is 4.74 Å². The summed E-state index contributed by atoms with van der Waals surface area (Å²) < 4.78 is 5.40. The molecular formula is C33H25Cl3N2O5. The molecule has 0 N–H and O–H groups in total. The molecule has 3 aromatic carbocycles. The fourth-order valence-corrected chi connectivity index (χ4v) is 6.69. The first-order valence-corrected chi connectivity index (χ1v) is 15.0. The lowest BCUT2D eigenvalue weighted by Gasteiger charge is -2.25. The van der Waals surface area contributed by atoms with E-state index in [1.165, 1.54) is 23.1 Å². The van der Waals surface area contributed by atoms with Gasteiger partial charge in [0.1, 0.15) is 0 Å². The molecule has 2 aliphatic rings. The van der Waals surface area contributed by atoms with Gasteiger partial charge in [0.15, 0.2) is 6.61 Å². The molecule has 2 amide bonds. The molecule has 0 spiro atoms. The fourth-order valence-electron chi connectivity index (χ4n) is 5.96. The third-order valence-corrected chi connectivity index (χ3v) is 9.04. The van der Waals surface area contributed by atoms with E-state index in [-0.39, 0.29) is 39.8 Å². The highest BCUT2D eigenvalue weighted by Crippen LogP contribution is 2.42. The average Bonchev–Trinajstić information content (AvgIpc) is 3.24. The van der Waals surface area contributed by atoms with Crippen LogP contribution in [0.1, 0.15) is 46.9 Å². The molecule has 2 fully saturated rings. The van der Waals surface area contributed by atoms with Gasteiger partial charge in [0.25, 0.3) is 0 Å². The largest absolute Gasteiger partial charge is 0.454 e. The van der Waals surface area contributed by atoms with Crippen LogP contribution in [-0.2, 0) is 14.3 Å². The zero-order chi connectivity index (χ0) is 30.4. The number of nitrogens with zero attached hydrogens (tertiary/aromatic N) is 2. The van der Waals surface area contributed by atoms with E-state index >= 15 is 0 Å². The Kier molecular flexibility index (Phi) is 7.98. The number of carbonyl (C=O) groups excluding carboxylic acids is 4. The Hall–Kier alpha value is -3.78. The molecule has 7 nitrogen and oxygen atoms in total. The van der Waals surface area contributed by atoms with Crippen molar-refractivity contribution in [3.05, 3.63) is 92.9 Å². The van der Waals surface area contributed by atoms with E-state index in [0.29, 0.717) is 43.8 Å². The number of aromatic nitrogens is 1. The maximum absolute atomic E-state index is 13.3. The highest BCUT2D eigenvalue weighted by atomic mass is 35.5. The molecule has 4 aromatic rings. The first kappa shape index (κ1) is 29.3. The molecule has 1 saturated carbocycles. The molecule has 1 aliphatic carbocycles. The van der Waals surface area contributed by atoms with Gasteiger partial charge in [-0.1, -0.05) is 66.0 Å². The molecule has 1 aromatic heterocycles. The molecule has 3 unspecified atom stereocenters. The molecule has 6 rings (SSSR count). The first-order valence-electron chi connectivity index (χ1n) is 13.8. The average molecular weight is 636 g/mol. The predicted molar refractivity (Wildman–Crippen MR) is 166 cm³/mol. The van der Waals surface area contributed by atoms with Crippen LogP contribution >= 0.6 is 34.8 Å². The number of Topliss-reactive ketones (excluding diaryl/α,β-unsaturated/α-hetero) is 1. The van der Waals surface area contributed by atoms with Crippen LogP contribution in [0.5, 0.6) is 0 Å². The van der Waals surface area contributed by atoms with Crippen molar-refractivity contribution < 1.29 is 23.9 Å². The van der Waals surface area contributed by atoms with E-state index in [2.05, 4.69) is 6.92 Å². The van der Waals surface area contributed by atoms with Gasteiger partial charge in [0.2, 0.25) is 17.6 Å². The molecule has 0 bridgehead atoms. The first-order chi connectivity index (χ1) is 20.6. The van der Waals surface area contributed by atoms with Crippen LogP contribution in [0.25, 0.3) is 22.2 Å². The Morgan fingerprint density at radius 3 is 2.37 bits per heavy atom. The number of carbonyl (C=O) groups is 4. The van der Waals surface area contributed by atoms with Crippen molar-refractivity contribution in [3.63, 3.8) is 0 Å². The molecule has 2 heterocycles. The Morgan fingerprint density at radius 1 is 0.884 bits per heavy atom. The summed E-state index contributed by atoms with van der Waals surface area (Å²) in [6, 6.07) is 18.0. The van der Waals surface area contributed by atoms with Crippen molar-refractivity contribution in [2.75, 3.05) is 11.5 Å². The van der Waals surface area contributed by atoms with Gasteiger partial charge in [-0.15, -0.1) is 0 Å². The number of imide groups is 1. The lowest BCUT2D eigenvalue weighted by Crippen LogP contribution is -2.30. The number of esters is 1. The molecule has 0 radical (unpaired) electrons. The third kappa shape index (κ3) is 5.53. The quantitative estimate of drug-likeness (QED) is 0.122. The van der Waals surface area contributed by atoms with E-state index in [4.69, 9.17) is 44.5 Å². The molecule has 10 heteroatoms. The number of amides is 2. The van der Waals surface area contributed by atoms with Crippen LogP contribution < -0.4 is 4.90 Å². The molecule has 1 aliphatic heterocycles. The highest BCUT2D eigenvalue weighted by Gasteiger charge is 2.49. The van der Waals surface area contributed by atoms with E-state index in [1.807, 2.05) is 0 Å². The SMILES string of the molecule is CC1CCC2C(=O)N(c3ccc(-c4cc(C(=O)OCC(=O)c5ccc(Cl)cc5Cl)c5cccc(Cl)c5n4)cc3)C(=O)C2C1. The number of anilines is 1. The third-order valence-electron chi connectivity index (χ3n) is 8.18. The van der Waals surface area contributed by atoms with E-state index in [1.54, 1.807) is 48.5 Å². The number of rotatable bonds is 6. The molecule has 3 atom stereocenters. The summed E-state index contributed by atoms with van der Waals surface area (Å²) in [7, 11) is 0. The smallest absolute Gasteiger partial charge is 0.339 e. The van der Waals surface area contributed by atoms with Crippen LogP contribution in [0.3, 0.4) is 0 Å². The number of fused-ring (bicyclic) bond motifs is 2. The van der Waals surface area contributed by atoms with Gasteiger partial charge in [0.05, 0.1) is 44.3 Å². The van der Waals surface area contributed by atoms with Crippen molar-refractivity contribution in [3.8, 4) is 11.3 Å². The predicted octanol–water partition coefficient (Wildman–Crippen LogP) is 7.83. The number of halogens is 3. The second kappa shape index (κ2) is 11.7. The minimum Gasteiger partial charge on any atom is -0.454 e. The van der Waals surface area contributed by atoms with Gasteiger partial charge in [-0.25, -0.2) is 9.78 Å². The van der Waals surface area contributed by atoms with Gasteiger partial charge in [0, 0.05) is 21.5 Å². The Labute approximate surface area is 262 Å². The minimum atomic E-state index is -0.740. The summed E-state index contributed by atoms with van der Waals surface area (Å²) in [6.07, 6.45) is 2.39. The van der Waals surface area contributed by atoms with Crippen molar-refractivity contribution in [2.45, 2.75) is 26.2 Å². The maximum atomic E-state index is 13.3. The van der Waals surface area contributed by atoms with Crippen LogP contribution in [0.4, 0.5) is 5.69 Å². The van der Waals surface area contributed by atoms with E-state index in [9.17, 15) is 19.2 Å². The molecule has 43 heavy (non-hydrogen) atoms. The van der Waals surface area contributed by atoms with Gasteiger partial charge in [-0.2, -0.15) is 0 Å². The summed E-state index contributed by atoms with van der Waals surface area (Å²) in [5.41, 5.74) is 2.30. The van der Waals surface area contributed by atoms with Crippen LogP contribution in [0.2, 0.25) is 15.1 Å². The normalized spacial score (nSPS) is 19.9. The maximum Gasteiger partial charge on any atom is 0.339 e. The van der Waals surface area contributed by atoms with E-state index < -0.39 is 18.4 Å². The lowest BCUT2D eigenvalue weighted by atomic mass is 9.76. The number of ketones is 1. The number of pyridine rings is 1. The number of benzene rings is 3. The van der Waals surface area contributed by atoms with Gasteiger partial charge in [-0.3, -0.25) is 19.3 Å². The van der Waals surface area contributed by atoms with Gasteiger partial charge >= 0.3 is 5.97 Å². The lowest BCUT2D eigenvalue weighted by molar-refractivity contribution is -0.122. The standard InChI is InChI=1S/C33H25Cl3N2O5/c1-17-5-11-22-24(13-17)32(41)38(31(22)40)20-9-6-18(7-10-20)28-15-25(21-3-2-4-26(35)30(21)37-28)33(42)43-16-29(39)23-12-8-19(34)14-27(23)36/h2-4,6-10,12,14-15,17,22,24H,5,11,13,16H2,1H3. The van der Waals surface area contributed by atoms with Crippen LogP contribution in [-0.4, -0.2) is 35.2 Å². The van der Waals surface area contributed by atoms with Crippen molar-refractivity contribution in [1.29, 1.82) is 0 Å². The molecule has 1 saturated heterocycles. The second-order valence-corrected chi connectivity index (χ2v) is 12.3. The summed E-state index contributed by atoms with van der Waals surface area (Å²) in [5, 5.41) is 1.33. The Bertz CT molecular complexity index is 1810. The number of hydrogen-bond acceptors (Lipinski definition) is 6. The summed E-state index contributed by atoms with van der Waals surface area (Å²) in [5.74, 6) is -1.63. The Morgan fingerprint density at radius 2 is 1.63 bits per heavy atom. The van der Waals surface area contributed by atoms with Crippen LogP contribution in [0.15, 0.2) is 66.7 Å². The second-order valence-electron chi connectivity index (χ2n) is 11.0. The monoisotopic (exact) mass is 634 g/mol. The molecule has 218 valence electrons. The Balaban J connectivity index is 1.28. The summed E-state index contributed by atoms with van der Waals surface area (Å²) in [6.45, 7) is 1.58. The van der Waals surface area contributed by atoms with Crippen molar-refractivity contribution in [1.82, 2.24) is 4.98 Å². The topological polar surface area (TPSA) is 93.6 Å². The number of hydrogen-bond donors (Lipinski definition) is 0. The van der Waals surface area contributed by atoms with Crippen molar-refractivity contribution >= 4 is 75.0 Å².